The molecule has 2 aromatic heterocycles. The number of alkyl halides is 3. The lowest BCUT2D eigenvalue weighted by Gasteiger charge is -2.29. The predicted octanol–water partition coefficient (Wildman–Crippen LogP) is 4.98. The van der Waals surface area contributed by atoms with E-state index >= 15 is 0 Å². The smallest absolute Gasteiger partial charge is 0.336 e. The Morgan fingerprint density at radius 1 is 1.26 bits per heavy atom. The molecule has 184 valence electrons. The number of carbonyl (C=O) groups excluding carboxylic acids is 1. The first-order valence-electron chi connectivity index (χ1n) is 11.2. The number of halogens is 3. The van der Waals surface area contributed by atoms with Gasteiger partial charge in [0.1, 0.15) is 16.6 Å². The monoisotopic (exact) mass is 502 g/mol. The zero-order chi connectivity index (χ0) is 25.2. The number of nitriles is 1. The molecule has 1 fully saturated rings. The zero-order valence-electron chi connectivity index (χ0n) is 19.2. The highest BCUT2D eigenvalue weighted by molar-refractivity contribution is 7.13. The summed E-state index contributed by atoms with van der Waals surface area (Å²) in [5, 5.41) is 23.6. The third-order valence-corrected chi connectivity index (χ3v) is 6.73. The third kappa shape index (κ3) is 5.89. The highest BCUT2D eigenvalue weighted by atomic mass is 32.1. The number of benzene rings is 1. The fourth-order valence-corrected chi connectivity index (χ4v) is 4.58. The van der Waals surface area contributed by atoms with Gasteiger partial charge in [0.15, 0.2) is 0 Å². The number of carbonyl (C=O) groups is 1. The van der Waals surface area contributed by atoms with E-state index in [1.807, 2.05) is 25.3 Å². The van der Waals surface area contributed by atoms with E-state index in [9.17, 15) is 23.2 Å². The highest BCUT2D eigenvalue weighted by Crippen LogP contribution is 2.37. The van der Waals surface area contributed by atoms with E-state index in [-0.39, 0.29) is 17.9 Å². The average Bonchev–Trinajstić information content (AvgIpc) is 3.19. The number of aromatic amines is 1. The van der Waals surface area contributed by atoms with E-state index in [2.05, 4.69) is 25.8 Å². The molecule has 3 N–H and O–H groups in total. The van der Waals surface area contributed by atoms with Crippen molar-refractivity contribution in [1.82, 2.24) is 25.8 Å². The van der Waals surface area contributed by atoms with Crippen molar-refractivity contribution in [3.63, 3.8) is 0 Å². The summed E-state index contributed by atoms with van der Waals surface area (Å²) in [4.78, 5) is 17.4. The van der Waals surface area contributed by atoms with Gasteiger partial charge in [0.05, 0.1) is 24.0 Å². The second-order valence-corrected chi connectivity index (χ2v) is 10.0. The van der Waals surface area contributed by atoms with Gasteiger partial charge in [-0.2, -0.15) is 23.5 Å². The van der Waals surface area contributed by atoms with Crippen LogP contribution in [0.5, 0.6) is 0 Å². The van der Waals surface area contributed by atoms with E-state index in [1.54, 1.807) is 24.5 Å². The molecule has 0 saturated heterocycles. The summed E-state index contributed by atoms with van der Waals surface area (Å²) in [5.74, 6) is -0.612. The van der Waals surface area contributed by atoms with Crippen molar-refractivity contribution in [1.29, 1.82) is 5.26 Å². The normalized spacial score (nSPS) is 16.5. The van der Waals surface area contributed by atoms with Crippen LogP contribution < -0.4 is 10.6 Å². The first-order valence-corrected chi connectivity index (χ1v) is 12.1. The third-order valence-electron chi connectivity index (χ3n) is 5.83. The lowest BCUT2D eigenvalue weighted by atomic mass is 9.98. The van der Waals surface area contributed by atoms with Crippen LogP contribution >= 0.6 is 11.3 Å². The summed E-state index contributed by atoms with van der Waals surface area (Å²) in [5.41, 5.74) is 1.21. The maximum absolute atomic E-state index is 14.1. The van der Waals surface area contributed by atoms with Crippen LogP contribution in [0, 0.1) is 17.2 Å². The van der Waals surface area contributed by atoms with Gasteiger partial charge in [-0.25, -0.2) is 4.98 Å². The van der Waals surface area contributed by atoms with Crippen molar-refractivity contribution >= 4 is 17.2 Å². The van der Waals surface area contributed by atoms with Gasteiger partial charge >= 0.3 is 6.18 Å². The molecule has 2 heterocycles. The molecule has 1 aromatic carbocycles. The summed E-state index contributed by atoms with van der Waals surface area (Å²) in [6.45, 7) is 3.67. The molecule has 0 unspecified atom stereocenters. The van der Waals surface area contributed by atoms with Crippen molar-refractivity contribution in [3.8, 4) is 27.9 Å². The van der Waals surface area contributed by atoms with Crippen LogP contribution in [0.25, 0.3) is 21.8 Å². The summed E-state index contributed by atoms with van der Waals surface area (Å²) >= 11 is 1.41. The van der Waals surface area contributed by atoms with Crippen LogP contribution in [0.1, 0.15) is 44.7 Å². The number of amides is 1. The van der Waals surface area contributed by atoms with Crippen LogP contribution in [0.3, 0.4) is 0 Å². The number of hydrogen-bond donors (Lipinski definition) is 3. The van der Waals surface area contributed by atoms with Crippen LogP contribution in [0.4, 0.5) is 13.2 Å². The number of aromatic nitrogens is 3. The lowest BCUT2D eigenvalue weighted by molar-refractivity contribution is -0.161. The van der Waals surface area contributed by atoms with Gasteiger partial charge in [0.25, 0.3) is 0 Å². The van der Waals surface area contributed by atoms with Gasteiger partial charge in [-0.15, -0.1) is 11.3 Å². The molecule has 0 bridgehead atoms. The topological polar surface area (TPSA) is 106 Å². The summed E-state index contributed by atoms with van der Waals surface area (Å²) in [7, 11) is 0. The van der Waals surface area contributed by atoms with E-state index in [1.165, 1.54) is 23.5 Å². The Hall–Kier alpha value is -3.23. The number of hydrogen-bond acceptors (Lipinski definition) is 6. The van der Waals surface area contributed by atoms with E-state index in [4.69, 9.17) is 0 Å². The molecule has 0 spiro atoms. The largest absolute Gasteiger partial charge is 0.407 e. The van der Waals surface area contributed by atoms with Crippen LogP contribution in [-0.2, 0) is 4.79 Å². The molecule has 1 saturated carbocycles. The molecule has 0 radical (unpaired) electrons. The van der Waals surface area contributed by atoms with Gasteiger partial charge in [-0.3, -0.25) is 15.2 Å². The van der Waals surface area contributed by atoms with Crippen molar-refractivity contribution in [2.45, 2.75) is 56.9 Å². The zero-order valence-corrected chi connectivity index (χ0v) is 20.0. The summed E-state index contributed by atoms with van der Waals surface area (Å²) in [6, 6.07) is 4.90. The quantitative estimate of drug-likeness (QED) is 0.383. The standard InChI is InChI=1S/C24H25F3N6OS/c1-14(2)9-18(21(34)33-23(13-28)7-8-23)31-20(24(25,26)27)16-5-3-15(4-6-16)19-12-35-22(32-19)17-10-29-30-11-17/h3-6,10-12,14,18,20,31H,7-9H2,1-2H3,(H,29,30)(H,33,34)/t18-,20-/m0/s1. The predicted molar refractivity (Wildman–Crippen MR) is 126 cm³/mol. The molecule has 35 heavy (non-hydrogen) atoms. The maximum Gasteiger partial charge on any atom is 0.407 e. The molecule has 1 amide bonds. The molecule has 1 aliphatic rings. The van der Waals surface area contributed by atoms with Crippen LogP contribution in [-0.4, -0.2) is 38.8 Å². The fraction of sp³-hybridized carbons (Fsp3) is 0.417. The molecule has 4 rings (SSSR count). The number of rotatable bonds is 9. The Kier molecular flexibility index (Phi) is 6.96. The molecule has 11 heteroatoms. The number of thiazole rings is 1. The van der Waals surface area contributed by atoms with Crippen LogP contribution in [0.2, 0.25) is 0 Å². The lowest BCUT2D eigenvalue weighted by Crippen LogP contribution is -2.52. The van der Waals surface area contributed by atoms with Gasteiger partial charge in [0, 0.05) is 22.7 Å². The highest BCUT2D eigenvalue weighted by Gasteiger charge is 2.47. The Balaban J connectivity index is 1.54. The Labute approximate surface area is 204 Å². The van der Waals surface area contributed by atoms with Crippen molar-refractivity contribution in [2.24, 2.45) is 5.92 Å². The van der Waals surface area contributed by atoms with Crippen molar-refractivity contribution < 1.29 is 18.0 Å². The van der Waals surface area contributed by atoms with Crippen LogP contribution in [0.15, 0.2) is 42.0 Å². The van der Waals surface area contributed by atoms with E-state index < -0.39 is 29.7 Å². The molecule has 7 nitrogen and oxygen atoms in total. The molecule has 3 aromatic rings. The molecular formula is C24H25F3N6OS. The number of nitrogens with one attached hydrogen (secondary N) is 3. The molecule has 0 aliphatic heterocycles. The van der Waals surface area contributed by atoms with Gasteiger partial charge in [0.2, 0.25) is 5.91 Å². The number of H-pyrrole nitrogens is 1. The Morgan fingerprint density at radius 3 is 2.51 bits per heavy atom. The second-order valence-electron chi connectivity index (χ2n) is 9.15. The van der Waals surface area contributed by atoms with Crippen molar-refractivity contribution in [3.05, 3.63) is 47.6 Å². The minimum absolute atomic E-state index is 0.00508. The summed E-state index contributed by atoms with van der Waals surface area (Å²) < 4.78 is 42.3. The molecule has 2 atom stereocenters. The SMILES string of the molecule is CC(C)C[C@H](N[C@@H](c1ccc(-c2csc(-c3cn[nH]c3)n2)cc1)C(F)(F)F)C(=O)NC1(C#N)CC1. The number of nitrogens with zero attached hydrogens (tertiary/aromatic N) is 3. The second kappa shape index (κ2) is 9.79. The Morgan fingerprint density at radius 2 is 1.97 bits per heavy atom. The van der Waals surface area contributed by atoms with Gasteiger partial charge < -0.3 is 5.32 Å². The Bertz CT molecular complexity index is 1190. The minimum atomic E-state index is -4.63. The first kappa shape index (κ1) is 24.9. The van der Waals surface area contributed by atoms with E-state index in [0.717, 1.165) is 10.6 Å². The van der Waals surface area contributed by atoms with Gasteiger partial charge in [-0.1, -0.05) is 38.1 Å². The summed E-state index contributed by atoms with van der Waals surface area (Å²) in [6.07, 6.45) is -0.0425. The fourth-order valence-electron chi connectivity index (χ4n) is 3.77. The van der Waals surface area contributed by atoms with E-state index in [0.29, 0.717) is 24.1 Å². The minimum Gasteiger partial charge on any atom is -0.336 e. The van der Waals surface area contributed by atoms with Gasteiger partial charge in [-0.05, 0) is 30.7 Å². The molecular weight excluding hydrogens is 477 g/mol. The first-order chi connectivity index (χ1) is 16.6. The molecule has 1 aliphatic carbocycles. The average molecular weight is 503 g/mol. The maximum atomic E-state index is 14.1. The van der Waals surface area contributed by atoms with Crippen molar-refractivity contribution in [2.75, 3.05) is 0 Å².